The van der Waals surface area contributed by atoms with Crippen LogP contribution in [0.1, 0.15) is 60.4 Å². The van der Waals surface area contributed by atoms with Crippen LogP contribution >= 0.6 is 0 Å². The molecule has 28 heavy (non-hydrogen) atoms. The Morgan fingerprint density at radius 3 is 2.25 bits per heavy atom. The van der Waals surface area contributed by atoms with E-state index in [9.17, 15) is 9.59 Å². The summed E-state index contributed by atoms with van der Waals surface area (Å²) in [6, 6.07) is -0.0842. The molecule has 2 aromatic heterocycles. The second kappa shape index (κ2) is 7.56. The monoisotopic (exact) mass is 388 g/mol. The molecule has 3 heterocycles. The maximum Gasteiger partial charge on any atom is 0.332 e. The van der Waals surface area contributed by atoms with Crippen molar-refractivity contribution in [1.82, 2.24) is 18.7 Å². The van der Waals surface area contributed by atoms with E-state index in [0.29, 0.717) is 35.5 Å². The van der Waals surface area contributed by atoms with Gasteiger partial charge in [0.05, 0.1) is 11.8 Å². The average Bonchev–Trinajstić information content (AvgIpc) is 3.02. The fourth-order valence-electron chi connectivity index (χ4n) is 3.50. The second-order valence-corrected chi connectivity index (χ2v) is 8.66. The second-order valence-electron chi connectivity index (χ2n) is 8.66. The zero-order valence-corrected chi connectivity index (χ0v) is 18.1. The van der Waals surface area contributed by atoms with E-state index in [2.05, 4.69) is 32.7 Å². The van der Waals surface area contributed by atoms with Gasteiger partial charge in [0.15, 0.2) is 11.2 Å². The Morgan fingerprint density at radius 2 is 1.64 bits per heavy atom. The van der Waals surface area contributed by atoms with E-state index < -0.39 is 0 Å². The molecule has 0 amide bonds. The summed E-state index contributed by atoms with van der Waals surface area (Å²) >= 11 is 0. The Balaban J connectivity index is 2.23. The zero-order valence-electron chi connectivity index (χ0n) is 18.1. The molecule has 0 spiro atoms. The summed E-state index contributed by atoms with van der Waals surface area (Å²) < 4.78 is 4.79. The number of nitrogens with zero attached hydrogens (tertiary/aromatic N) is 6. The molecule has 1 aliphatic heterocycles. The standard InChI is InChI=1S/C20H32N6O2/c1-12(2)8-10-24-18(27)16-17(23(7)20(24)28)21-19-25(11-9-13(3)4)22-14(5)15(6)26(16)19/h12-13,15H,8-11H2,1-7H3/t15-/m1/s1. The first kappa shape index (κ1) is 20.4. The van der Waals surface area contributed by atoms with Crippen LogP contribution in [0.25, 0.3) is 11.2 Å². The van der Waals surface area contributed by atoms with Gasteiger partial charge in [-0.15, -0.1) is 0 Å². The summed E-state index contributed by atoms with van der Waals surface area (Å²) in [4.78, 5) is 30.8. The molecule has 1 atom stereocenters. The average molecular weight is 389 g/mol. The van der Waals surface area contributed by atoms with E-state index in [0.717, 1.165) is 25.1 Å². The van der Waals surface area contributed by atoms with E-state index >= 15 is 0 Å². The van der Waals surface area contributed by atoms with Crippen LogP contribution in [0, 0.1) is 11.8 Å². The van der Waals surface area contributed by atoms with E-state index in [1.54, 1.807) is 7.05 Å². The van der Waals surface area contributed by atoms with Crippen LogP contribution in [0.5, 0.6) is 0 Å². The topological polar surface area (TPSA) is 77.4 Å². The highest BCUT2D eigenvalue weighted by Crippen LogP contribution is 2.30. The first-order valence-corrected chi connectivity index (χ1v) is 10.2. The van der Waals surface area contributed by atoms with Crippen LogP contribution in [0.2, 0.25) is 0 Å². The molecule has 3 rings (SSSR count). The molecule has 1 aliphatic rings. The molecule has 0 saturated heterocycles. The maximum atomic E-state index is 13.3. The molecule has 154 valence electrons. The van der Waals surface area contributed by atoms with Crippen molar-refractivity contribution < 1.29 is 0 Å². The van der Waals surface area contributed by atoms with Gasteiger partial charge in [-0.25, -0.2) is 9.80 Å². The van der Waals surface area contributed by atoms with Crippen LogP contribution in [0.3, 0.4) is 0 Å². The van der Waals surface area contributed by atoms with E-state index in [1.165, 1.54) is 9.13 Å². The van der Waals surface area contributed by atoms with Crippen LogP contribution in [-0.2, 0) is 13.6 Å². The molecule has 8 nitrogen and oxygen atoms in total. The fourth-order valence-corrected chi connectivity index (χ4v) is 3.50. The van der Waals surface area contributed by atoms with Crippen LogP contribution in [-0.4, -0.2) is 30.9 Å². The van der Waals surface area contributed by atoms with Crippen molar-refractivity contribution in [2.45, 2.75) is 67.0 Å². The largest absolute Gasteiger partial charge is 0.332 e. The lowest BCUT2D eigenvalue weighted by Gasteiger charge is -2.29. The predicted molar refractivity (Wildman–Crippen MR) is 113 cm³/mol. The third kappa shape index (κ3) is 3.40. The smallest absolute Gasteiger partial charge is 0.294 e. The lowest BCUT2D eigenvalue weighted by molar-refractivity contribution is 0.487. The Kier molecular flexibility index (Phi) is 5.50. The first-order valence-electron chi connectivity index (χ1n) is 10.2. The van der Waals surface area contributed by atoms with Crippen molar-refractivity contribution >= 4 is 22.8 Å². The third-order valence-electron chi connectivity index (χ3n) is 5.51. The van der Waals surface area contributed by atoms with E-state index in [4.69, 9.17) is 5.10 Å². The molecule has 2 aromatic rings. The number of imidazole rings is 1. The van der Waals surface area contributed by atoms with Gasteiger partial charge in [-0.3, -0.25) is 18.5 Å². The number of rotatable bonds is 6. The number of aryl methyl sites for hydroxylation is 1. The molecular weight excluding hydrogens is 356 g/mol. The van der Waals surface area contributed by atoms with Crippen LogP contribution in [0.4, 0.5) is 5.95 Å². The molecule has 0 aliphatic carbocycles. The number of hydrogen-bond donors (Lipinski definition) is 0. The van der Waals surface area contributed by atoms with Gasteiger partial charge < -0.3 is 0 Å². The molecule has 0 saturated carbocycles. The normalized spacial score (nSPS) is 17.0. The first-order chi connectivity index (χ1) is 13.1. The minimum atomic E-state index is -0.312. The molecule has 0 fully saturated rings. The van der Waals surface area contributed by atoms with Gasteiger partial charge in [0.25, 0.3) is 5.56 Å². The van der Waals surface area contributed by atoms with Gasteiger partial charge in [-0.05, 0) is 38.5 Å². The molecule has 0 unspecified atom stereocenters. The van der Waals surface area contributed by atoms with Gasteiger partial charge >= 0.3 is 5.69 Å². The minimum Gasteiger partial charge on any atom is -0.294 e. The Labute approximate surface area is 165 Å². The molecule has 8 heteroatoms. The summed E-state index contributed by atoms with van der Waals surface area (Å²) in [5.74, 6) is 1.58. The summed E-state index contributed by atoms with van der Waals surface area (Å²) in [6.07, 6.45) is 1.74. The van der Waals surface area contributed by atoms with Crippen molar-refractivity contribution in [3.63, 3.8) is 0 Å². The lowest BCUT2D eigenvalue weighted by Crippen LogP contribution is -2.40. The van der Waals surface area contributed by atoms with Crippen molar-refractivity contribution in [1.29, 1.82) is 0 Å². The highest BCUT2D eigenvalue weighted by atomic mass is 16.2. The lowest BCUT2D eigenvalue weighted by atomic mass is 10.1. The SMILES string of the molecule is CC1=NN(CCC(C)C)c2nc3c(c(=O)n(CCC(C)C)c(=O)n3C)n2[C@@H]1C. The van der Waals surface area contributed by atoms with Crippen molar-refractivity contribution in [2.75, 3.05) is 11.6 Å². The number of anilines is 1. The Morgan fingerprint density at radius 1 is 1.04 bits per heavy atom. The number of fused-ring (bicyclic) bond motifs is 3. The van der Waals surface area contributed by atoms with Gasteiger partial charge in [-0.1, -0.05) is 27.7 Å². The van der Waals surface area contributed by atoms with Gasteiger partial charge in [0.1, 0.15) is 0 Å². The van der Waals surface area contributed by atoms with E-state index in [1.807, 2.05) is 23.4 Å². The summed E-state index contributed by atoms with van der Waals surface area (Å²) in [5, 5.41) is 6.58. The van der Waals surface area contributed by atoms with Gasteiger partial charge in [-0.2, -0.15) is 10.1 Å². The molecule has 0 bridgehead atoms. The molecule has 0 radical (unpaired) electrons. The van der Waals surface area contributed by atoms with Gasteiger partial charge in [0.2, 0.25) is 5.95 Å². The van der Waals surface area contributed by atoms with Crippen LogP contribution < -0.4 is 16.3 Å². The number of aromatic nitrogens is 4. The number of hydrogen-bond acceptors (Lipinski definition) is 5. The highest BCUT2D eigenvalue weighted by Gasteiger charge is 2.30. The van der Waals surface area contributed by atoms with Crippen molar-refractivity contribution in [3.05, 3.63) is 20.8 Å². The quantitative estimate of drug-likeness (QED) is 0.762. The maximum absolute atomic E-state index is 13.3. The van der Waals surface area contributed by atoms with Crippen molar-refractivity contribution in [2.24, 2.45) is 24.0 Å². The molecular formula is C20H32N6O2. The van der Waals surface area contributed by atoms with E-state index in [-0.39, 0.29) is 17.3 Å². The minimum absolute atomic E-state index is 0.0842. The molecule has 0 N–H and O–H groups in total. The predicted octanol–water partition coefficient (Wildman–Crippen LogP) is 2.75. The summed E-state index contributed by atoms with van der Waals surface area (Å²) in [7, 11) is 1.69. The van der Waals surface area contributed by atoms with Crippen molar-refractivity contribution in [3.8, 4) is 0 Å². The summed E-state index contributed by atoms with van der Waals surface area (Å²) in [5.41, 5.74) is 1.27. The Bertz CT molecular complexity index is 1020. The molecule has 0 aromatic carbocycles. The van der Waals surface area contributed by atoms with Crippen LogP contribution in [0.15, 0.2) is 14.7 Å². The summed E-state index contributed by atoms with van der Waals surface area (Å²) in [6.45, 7) is 13.6. The zero-order chi connectivity index (χ0) is 20.7. The fraction of sp³-hybridized carbons (Fsp3) is 0.700. The Hall–Kier alpha value is -2.38. The third-order valence-corrected chi connectivity index (χ3v) is 5.51. The van der Waals surface area contributed by atoms with Gasteiger partial charge in [0, 0.05) is 20.1 Å². The number of hydrazone groups is 1. The highest BCUT2D eigenvalue weighted by molar-refractivity contribution is 5.91.